The number of aryl methyl sites for hydroxylation is 1. The third-order valence-electron chi connectivity index (χ3n) is 2.28. The Hall–Kier alpha value is -1.85. The zero-order valence-corrected chi connectivity index (χ0v) is 8.36. The van der Waals surface area contributed by atoms with Gasteiger partial charge >= 0.3 is 0 Å². The minimum atomic E-state index is -0.589. The Balaban J connectivity index is 2.18. The maximum atomic E-state index is 11.4. The minimum Gasteiger partial charge on any atom is -0.365 e. The Morgan fingerprint density at radius 2 is 2.27 bits per heavy atom. The van der Waals surface area contributed by atoms with Crippen molar-refractivity contribution in [3.05, 3.63) is 11.8 Å². The highest BCUT2D eigenvalue weighted by atomic mass is 16.2. The lowest BCUT2D eigenvalue weighted by Gasteiger charge is -2.00. The smallest absolute Gasteiger partial charge is 0.254 e. The number of hydrogen-bond donors (Lipinski definition) is 2. The quantitative estimate of drug-likeness (QED) is 0.724. The Bertz CT molecular complexity index is 420. The van der Waals surface area contributed by atoms with Gasteiger partial charge in [0, 0.05) is 19.2 Å². The molecule has 1 aromatic rings. The van der Waals surface area contributed by atoms with Gasteiger partial charge in [0.1, 0.15) is 5.56 Å². The summed E-state index contributed by atoms with van der Waals surface area (Å²) in [6, 6.07) is 0. The van der Waals surface area contributed by atoms with Crippen molar-refractivity contribution < 1.29 is 9.59 Å². The van der Waals surface area contributed by atoms with Gasteiger partial charge in [0.2, 0.25) is 5.91 Å². The number of anilines is 1. The fourth-order valence-electron chi connectivity index (χ4n) is 1.33. The van der Waals surface area contributed by atoms with Crippen LogP contribution in [0.2, 0.25) is 0 Å². The molecule has 1 aromatic heterocycles. The van der Waals surface area contributed by atoms with E-state index in [9.17, 15) is 9.59 Å². The number of nitrogens with zero attached hydrogens (tertiary/aromatic N) is 2. The van der Waals surface area contributed by atoms with Gasteiger partial charge in [-0.3, -0.25) is 14.3 Å². The Morgan fingerprint density at radius 3 is 2.80 bits per heavy atom. The molecule has 80 valence electrons. The van der Waals surface area contributed by atoms with Gasteiger partial charge in [-0.05, 0) is 12.8 Å². The average Bonchev–Trinajstić information content (AvgIpc) is 2.91. The van der Waals surface area contributed by atoms with Gasteiger partial charge in [0.25, 0.3) is 5.91 Å². The first-order chi connectivity index (χ1) is 7.08. The number of primary amides is 1. The Labute approximate surface area is 86.4 Å². The molecule has 3 N–H and O–H groups in total. The van der Waals surface area contributed by atoms with E-state index in [0.29, 0.717) is 0 Å². The SMILES string of the molecule is Cn1cc(C(N)=O)c(NC(=O)C2CC2)n1. The van der Waals surface area contributed by atoms with Crippen LogP contribution in [-0.4, -0.2) is 21.6 Å². The maximum absolute atomic E-state index is 11.4. The van der Waals surface area contributed by atoms with Crippen LogP contribution in [0.5, 0.6) is 0 Å². The first-order valence-electron chi connectivity index (χ1n) is 4.72. The molecule has 1 saturated carbocycles. The van der Waals surface area contributed by atoms with Gasteiger partial charge in [-0.2, -0.15) is 5.10 Å². The lowest BCUT2D eigenvalue weighted by Crippen LogP contribution is -2.18. The first kappa shape index (κ1) is 9.70. The highest BCUT2D eigenvalue weighted by Gasteiger charge is 2.30. The second-order valence-electron chi connectivity index (χ2n) is 3.69. The van der Waals surface area contributed by atoms with Crippen LogP contribution in [0, 0.1) is 5.92 Å². The molecule has 15 heavy (non-hydrogen) atoms. The van der Waals surface area contributed by atoms with E-state index in [-0.39, 0.29) is 23.2 Å². The predicted molar refractivity (Wildman–Crippen MR) is 53.1 cm³/mol. The van der Waals surface area contributed by atoms with Crippen LogP contribution in [0.4, 0.5) is 5.82 Å². The number of hydrogen-bond acceptors (Lipinski definition) is 3. The molecule has 6 nitrogen and oxygen atoms in total. The normalized spacial score (nSPS) is 15.0. The average molecular weight is 208 g/mol. The molecule has 2 rings (SSSR count). The number of nitrogens with two attached hydrogens (primary N) is 1. The molecule has 0 radical (unpaired) electrons. The highest BCUT2D eigenvalue weighted by molar-refractivity contribution is 6.02. The largest absolute Gasteiger partial charge is 0.365 e. The van der Waals surface area contributed by atoms with Crippen LogP contribution in [0.3, 0.4) is 0 Å². The van der Waals surface area contributed by atoms with E-state index in [1.807, 2.05) is 0 Å². The summed E-state index contributed by atoms with van der Waals surface area (Å²) < 4.78 is 1.45. The van der Waals surface area contributed by atoms with E-state index in [1.54, 1.807) is 7.05 Å². The number of carbonyl (C=O) groups excluding carboxylic acids is 2. The molecule has 6 heteroatoms. The molecule has 0 aromatic carbocycles. The summed E-state index contributed by atoms with van der Waals surface area (Å²) in [5.41, 5.74) is 5.39. The lowest BCUT2D eigenvalue weighted by atomic mass is 10.3. The molecule has 0 atom stereocenters. The number of aromatic nitrogens is 2. The van der Waals surface area contributed by atoms with E-state index in [0.717, 1.165) is 12.8 Å². The highest BCUT2D eigenvalue weighted by Crippen LogP contribution is 2.30. The number of carbonyl (C=O) groups is 2. The monoisotopic (exact) mass is 208 g/mol. The Kier molecular flexibility index (Phi) is 2.18. The Morgan fingerprint density at radius 1 is 1.60 bits per heavy atom. The zero-order chi connectivity index (χ0) is 11.0. The molecular weight excluding hydrogens is 196 g/mol. The molecule has 1 heterocycles. The van der Waals surface area contributed by atoms with Crippen molar-refractivity contribution >= 4 is 17.6 Å². The molecule has 1 aliphatic rings. The van der Waals surface area contributed by atoms with Gasteiger partial charge in [-0.15, -0.1) is 0 Å². The second-order valence-corrected chi connectivity index (χ2v) is 3.69. The molecule has 2 amide bonds. The topological polar surface area (TPSA) is 90.0 Å². The summed E-state index contributed by atoms with van der Waals surface area (Å²) in [6.07, 6.45) is 3.31. The van der Waals surface area contributed by atoms with Crippen LogP contribution < -0.4 is 11.1 Å². The summed E-state index contributed by atoms with van der Waals surface area (Å²) in [4.78, 5) is 22.5. The van der Waals surface area contributed by atoms with Gasteiger partial charge < -0.3 is 11.1 Å². The molecular formula is C9H12N4O2. The van der Waals surface area contributed by atoms with E-state index >= 15 is 0 Å². The summed E-state index contributed by atoms with van der Waals surface area (Å²) in [5, 5.41) is 6.57. The third kappa shape index (κ3) is 1.98. The van der Waals surface area contributed by atoms with Crippen LogP contribution in [0.1, 0.15) is 23.2 Å². The molecule has 1 aliphatic carbocycles. The van der Waals surface area contributed by atoms with Crippen molar-refractivity contribution in [3.8, 4) is 0 Å². The van der Waals surface area contributed by atoms with Gasteiger partial charge in [-0.1, -0.05) is 0 Å². The van der Waals surface area contributed by atoms with Crippen LogP contribution >= 0.6 is 0 Å². The summed E-state index contributed by atoms with van der Waals surface area (Å²) >= 11 is 0. The van der Waals surface area contributed by atoms with Crippen LogP contribution in [0.15, 0.2) is 6.20 Å². The lowest BCUT2D eigenvalue weighted by molar-refractivity contribution is -0.117. The maximum Gasteiger partial charge on any atom is 0.254 e. The van der Waals surface area contributed by atoms with E-state index in [1.165, 1.54) is 10.9 Å². The van der Waals surface area contributed by atoms with Crippen molar-refractivity contribution in [2.45, 2.75) is 12.8 Å². The van der Waals surface area contributed by atoms with Gasteiger partial charge in [0.15, 0.2) is 5.82 Å². The summed E-state index contributed by atoms with van der Waals surface area (Å²) in [5.74, 6) is -0.347. The van der Waals surface area contributed by atoms with Crippen molar-refractivity contribution in [1.29, 1.82) is 0 Å². The first-order valence-corrected chi connectivity index (χ1v) is 4.72. The molecule has 0 spiro atoms. The predicted octanol–water partition coefficient (Wildman–Crippen LogP) is -0.133. The van der Waals surface area contributed by atoms with Crippen molar-refractivity contribution in [3.63, 3.8) is 0 Å². The van der Waals surface area contributed by atoms with Crippen molar-refractivity contribution in [2.75, 3.05) is 5.32 Å². The van der Waals surface area contributed by atoms with Crippen LogP contribution in [0.25, 0.3) is 0 Å². The number of amides is 2. The molecule has 1 fully saturated rings. The van der Waals surface area contributed by atoms with Gasteiger partial charge in [-0.25, -0.2) is 0 Å². The number of nitrogens with one attached hydrogen (secondary N) is 1. The summed E-state index contributed by atoms with van der Waals surface area (Å²) in [7, 11) is 1.67. The second kappa shape index (κ2) is 3.38. The van der Waals surface area contributed by atoms with E-state index < -0.39 is 5.91 Å². The zero-order valence-electron chi connectivity index (χ0n) is 8.36. The van der Waals surface area contributed by atoms with Crippen molar-refractivity contribution in [2.24, 2.45) is 18.7 Å². The molecule has 0 saturated heterocycles. The third-order valence-corrected chi connectivity index (χ3v) is 2.28. The number of rotatable bonds is 3. The van der Waals surface area contributed by atoms with E-state index in [4.69, 9.17) is 5.73 Å². The fraction of sp³-hybridized carbons (Fsp3) is 0.444. The van der Waals surface area contributed by atoms with Crippen molar-refractivity contribution in [1.82, 2.24) is 9.78 Å². The summed E-state index contributed by atoms with van der Waals surface area (Å²) in [6.45, 7) is 0. The molecule has 0 bridgehead atoms. The fourth-order valence-corrected chi connectivity index (χ4v) is 1.33. The van der Waals surface area contributed by atoms with Crippen LogP contribution in [-0.2, 0) is 11.8 Å². The van der Waals surface area contributed by atoms with E-state index in [2.05, 4.69) is 10.4 Å². The molecule has 0 aliphatic heterocycles. The van der Waals surface area contributed by atoms with Gasteiger partial charge in [0.05, 0.1) is 0 Å². The minimum absolute atomic E-state index is 0.0766. The molecule has 0 unspecified atom stereocenters. The standard InChI is InChI=1S/C9H12N4O2/c1-13-4-6(7(10)14)8(12-13)11-9(15)5-2-3-5/h4-5H,2-3H2,1H3,(H2,10,14)(H,11,12,15).